The van der Waals surface area contributed by atoms with Gasteiger partial charge in [-0.3, -0.25) is 4.79 Å². The van der Waals surface area contributed by atoms with Crippen molar-refractivity contribution < 1.29 is 9.53 Å². The normalized spacial score (nSPS) is 16.3. The van der Waals surface area contributed by atoms with Crippen molar-refractivity contribution >= 4 is 17.4 Å². The molecule has 2 heterocycles. The van der Waals surface area contributed by atoms with Crippen LogP contribution < -0.4 is 10.2 Å². The molecule has 0 aromatic carbocycles. The molecule has 18 heavy (non-hydrogen) atoms. The molecule has 0 atom stereocenters. The molecule has 0 saturated carbocycles. The summed E-state index contributed by atoms with van der Waals surface area (Å²) >= 11 is 0. The third kappa shape index (κ3) is 3.20. The van der Waals surface area contributed by atoms with Gasteiger partial charge in [0.05, 0.1) is 11.9 Å². The smallest absolute Gasteiger partial charge is 0.227 e. The number of anilines is 2. The quantitative estimate of drug-likeness (QED) is 0.882. The summed E-state index contributed by atoms with van der Waals surface area (Å²) in [6, 6.07) is 3.76. The Labute approximate surface area is 107 Å². The van der Waals surface area contributed by atoms with E-state index < -0.39 is 0 Å². The van der Waals surface area contributed by atoms with E-state index in [1.807, 2.05) is 31.1 Å². The highest BCUT2D eigenvalue weighted by molar-refractivity contribution is 5.92. The molecular weight excluding hydrogens is 230 g/mol. The lowest BCUT2D eigenvalue weighted by Crippen LogP contribution is -2.28. The fourth-order valence-electron chi connectivity index (χ4n) is 1.93. The van der Waals surface area contributed by atoms with Crippen molar-refractivity contribution in [1.82, 2.24) is 4.98 Å². The molecule has 5 nitrogen and oxygen atoms in total. The van der Waals surface area contributed by atoms with Crippen molar-refractivity contribution in [3.05, 3.63) is 18.3 Å². The average Bonchev–Trinajstić information content (AvgIpc) is 2.40. The topological polar surface area (TPSA) is 54.5 Å². The van der Waals surface area contributed by atoms with E-state index >= 15 is 0 Å². The largest absolute Gasteiger partial charge is 0.381 e. The van der Waals surface area contributed by atoms with Gasteiger partial charge in [0, 0.05) is 33.2 Å². The first kappa shape index (κ1) is 12.8. The van der Waals surface area contributed by atoms with E-state index in [0.29, 0.717) is 13.2 Å². The highest BCUT2D eigenvalue weighted by atomic mass is 16.5. The summed E-state index contributed by atoms with van der Waals surface area (Å²) in [6.07, 6.45) is 3.29. The number of amides is 1. The van der Waals surface area contributed by atoms with Crippen LogP contribution in [-0.2, 0) is 9.53 Å². The van der Waals surface area contributed by atoms with Gasteiger partial charge >= 0.3 is 0 Å². The summed E-state index contributed by atoms with van der Waals surface area (Å²) in [5.41, 5.74) is 0.747. The zero-order valence-electron chi connectivity index (χ0n) is 10.8. The number of rotatable bonds is 3. The number of carbonyl (C=O) groups is 1. The molecule has 2 rings (SSSR count). The Bertz CT molecular complexity index is 397. The van der Waals surface area contributed by atoms with Crippen molar-refractivity contribution in [1.29, 1.82) is 0 Å². The molecule has 98 valence electrons. The van der Waals surface area contributed by atoms with Crippen molar-refractivity contribution in [2.45, 2.75) is 12.8 Å². The van der Waals surface area contributed by atoms with Crippen LogP contribution >= 0.6 is 0 Å². The number of carbonyl (C=O) groups excluding carboxylic acids is 1. The van der Waals surface area contributed by atoms with Crippen LogP contribution in [0.5, 0.6) is 0 Å². The van der Waals surface area contributed by atoms with E-state index in [-0.39, 0.29) is 11.8 Å². The number of nitrogens with zero attached hydrogens (tertiary/aromatic N) is 2. The maximum Gasteiger partial charge on any atom is 0.227 e. The van der Waals surface area contributed by atoms with Crippen LogP contribution in [0.3, 0.4) is 0 Å². The monoisotopic (exact) mass is 249 g/mol. The Kier molecular flexibility index (Phi) is 4.15. The summed E-state index contributed by atoms with van der Waals surface area (Å²) in [5, 5.41) is 2.90. The van der Waals surface area contributed by atoms with Crippen molar-refractivity contribution in [2.24, 2.45) is 5.92 Å². The third-order valence-corrected chi connectivity index (χ3v) is 3.07. The number of nitrogens with one attached hydrogen (secondary N) is 1. The zero-order valence-corrected chi connectivity index (χ0v) is 10.8. The van der Waals surface area contributed by atoms with Crippen molar-refractivity contribution in [3.63, 3.8) is 0 Å². The fourth-order valence-corrected chi connectivity index (χ4v) is 1.93. The first-order chi connectivity index (χ1) is 8.66. The van der Waals surface area contributed by atoms with Crippen LogP contribution in [0.4, 0.5) is 11.5 Å². The number of hydrogen-bond donors (Lipinski definition) is 1. The minimum atomic E-state index is 0.0623. The Morgan fingerprint density at radius 2 is 2.11 bits per heavy atom. The minimum absolute atomic E-state index is 0.0623. The van der Waals surface area contributed by atoms with Gasteiger partial charge in [0.25, 0.3) is 0 Å². The molecule has 1 N–H and O–H groups in total. The third-order valence-electron chi connectivity index (χ3n) is 3.07. The molecule has 1 saturated heterocycles. The van der Waals surface area contributed by atoms with Crippen LogP contribution in [0, 0.1) is 5.92 Å². The Hall–Kier alpha value is -1.62. The molecule has 1 aromatic rings. The van der Waals surface area contributed by atoms with Gasteiger partial charge in [-0.1, -0.05) is 0 Å². The van der Waals surface area contributed by atoms with Gasteiger partial charge in [0.2, 0.25) is 5.91 Å². The molecule has 0 aliphatic carbocycles. The van der Waals surface area contributed by atoms with Crippen LogP contribution in [0.2, 0.25) is 0 Å². The van der Waals surface area contributed by atoms with Gasteiger partial charge in [0.15, 0.2) is 0 Å². The second-order valence-corrected chi connectivity index (χ2v) is 4.68. The molecule has 0 radical (unpaired) electrons. The van der Waals surface area contributed by atoms with E-state index in [0.717, 1.165) is 24.3 Å². The van der Waals surface area contributed by atoms with E-state index in [9.17, 15) is 4.79 Å². The Morgan fingerprint density at radius 3 is 2.67 bits per heavy atom. The zero-order chi connectivity index (χ0) is 13.0. The summed E-state index contributed by atoms with van der Waals surface area (Å²) in [5.74, 6) is 1.00. The predicted octanol–water partition coefficient (Wildman–Crippen LogP) is 1.51. The average molecular weight is 249 g/mol. The molecule has 1 aliphatic heterocycles. The van der Waals surface area contributed by atoms with Crippen molar-refractivity contribution in [2.75, 3.05) is 37.5 Å². The molecule has 1 fully saturated rings. The van der Waals surface area contributed by atoms with Crippen molar-refractivity contribution in [3.8, 4) is 0 Å². The number of hydrogen-bond acceptors (Lipinski definition) is 4. The molecule has 0 bridgehead atoms. The van der Waals surface area contributed by atoms with Crippen LogP contribution in [0.25, 0.3) is 0 Å². The van der Waals surface area contributed by atoms with Crippen LogP contribution in [0.1, 0.15) is 12.8 Å². The van der Waals surface area contributed by atoms with Gasteiger partial charge in [0.1, 0.15) is 5.82 Å². The lowest BCUT2D eigenvalue weighted by atomic mass is 9.99. The molecule has 0 spiro atoms. The molecule has 1 aromatic heterocycles. The van der Waals surface area contributed by atoms with Gasteiger partial charge in [-0.2, -0.15) is 0 Å². The predicted molar refractivity (Wildman–Crippen MR) is 70.7 cm³/mol. The molecular formula is C13H19N3O2. The molecule has 1 aliphatic rings. The highest BCUT2D eigenvalue weighted by Crippen LogP contribution is 2.18. The van der Waals surface area contributed by atoms with Gasteiger partial charge in [-0.25, -0.2) is 4.98 Å². The lowest BCUT2D eigenvalue weighted by molar-refractivity contribution is -0.122. The van der Waals surface area contributed by atoms with Gasteiger partial charge in [-0.05, 0) is 25.0 Å². The second-order valence-electron chi connectivity index (χ2n) is 4.68. The molecule has 1 amide bonds. The SMILES string of the molecule is CN(C)c1ccc(NC(=O)C2CCOCC2)cn1. The summed E-state index contributed by atoms with van der Waals surface area (Å²) in [4.78, 5) is 18.2. The molecule has 0 unspecified atom stereocenters. The maximum atomic E-state index is 12.0. The van der Waals surface area contributed by atoms with E-state index in [1.54, 1.807) is 6.20 Å². The van der Waals surface area contributed by atoms with E-state index in [2.05, 4.69) is 10.3 Å². The standard InChI is InChI=1S/C13H19N3O2/c1-16(2)12-4-3-11(9-14-12)15-13(17)10-5-7-18-8-6-10/h3-4,9-10H,5-8H2,1-2H3,(H,15,17). The maximum absolute atomic E-state index is 12.0. The highest BCUT2D eigenvalue weighted by Gasteiger charge is 2.21. The first-order valence-corrected chi connectivity index (χ1v) is 6.19. The summed E-state index contributed by atoms with van der Waals surface area (Å²) in [7, 11) is 3.87. The minimum Gasteiger partial charge on any atom is -0.381 e. The lowest BCUT2D eigenvalue weighted by Gasteiger charge is -2.21. The number of aromatic nitrogens is 1. The fraction of sp³-hybridized carbons (Fsp3) is 0.538. The van der Waals surface area contributed by atoms with Gasteiger partial charge < -0.3 is 15.0 Å². The summed E-state index contributed by atoms with van der Waals surface area (Å²) in [6.45, 7) is 1.35. The number of pyridine rings is 1. The number of ether oxygens (including phenoxy) is 1. The Morgan fingerprint density at radius 1 is 1.39 bits per heavy atom. The molecule has 5 heteroatoms. The van der Waals surface area contributed by atoms with E-state index in [1.165, 1.54) is 0 Å². The Balaban J connectivity index is 1.94. The van der Waals surface area contributed by atoms with E-state index in [4.69, 9.17) is 4.74 Å². The van der Waals surface area contributed by atoms with Gasteiger partial charge in [-0.15, -0.1) is 0 Å². The second kappa shape index (κ2) is 5.82. The van der Waals surface area contributed by atoms with Crippen LogP contribution in [0.15, 0.2) is 18.3 Å². The summed E-state index contributed by atoms with van der Waals surface area (Å²) < 4.78 is 5.24. The first-order valence-electron chi connectivity index (χ1n) is 6.19. The van der Waals surface area contributed by atoms with Crippen LogP contribution in [-0.4, -0.2) is 38.2 Å².